The molecule has 110 valence electrons. The van der Waals surface area contributed by atoms with Crippen LogP contribution in [0.25, 0.3) is 0 Å². The first-order valence-corrected chi connectivity index (χ1v) is 8.56. The summed E-state index contributed by atoms with van der Waals surface area (Å²) in [6.45, 7) is 10.9. The van der Waals surface area contributed by atoms with Gasteiger partial charge in [0.15, 0.2) is 0 Å². The highest BCUT2D eigenvalue weighted by Gasteiger charge is 2.59. The van der Waals surface area contributed by atoms with Gasteiger partial charge in [-0.25, -0.2) is 4.57 Å². The molecule has 0 aromatic heterocycles. The van der Waals surface area contributed by atoms with E-state index >= 15 is 0 Å². The molecule has 19 heavy (non-hydrogen) atoms. The van der Waals surface area contributed by atoms with Gasteiger partial charge in [-0.15, -0.1) is 0 Å². The molecule has 0 heterocycles. The monoisotopic (exact) mass is 288 g/mol. The highest BCUT2D eigenvalue weighted by molar-refractivity contribution is 7.48. The molecule has 2 atom stereocenters. The van der Waals surface area contributed by atoms with Crippen molar-refractivity contribution in [3.63, 3.8) is 0 Å². The van der Waals surface area contributed by atoms with Gasteiger partial charge >= 0.3 is 7.82 Å². The average Bonchev–Trinajstić information content (AvgIpc) is 2.62. The molecule has 1 saturated carbocycles. The number of phosphoric ester groups is 1. The summed E-state index contributed by atoms with van der Waals surface area (Å²) in [6, 6.07) is 0. The van der Waals surface area contributed by atoms with E-state index in [9.17, 15) is 4.57 Å². The van der Waals surface area contributed by atoms with Crippen molar-refractivity contribution in [1.82, 2.24) is 0 Å². The van der Waals surface area contributed by atoms with Crippen molar-refractivity contribution in [1.29, 1.82) is 0 Å². The minimum atomic E-state index is -3.47. The van der Waals surface area contributed by atoms with Crippen LogP contribution >= 0.6 is 7.82 Å². The molecule has 2 rings (SSSR count). The van der Waals surface area contributed by atoms with Crippen LogP contribution in [0.1, 0.15) is 47.5 Å². The van der Waals surface area contributed by atoms with E-state index < -0.39 is 7.82 Å². The first-order chi connectivity index (χ1) is 8.79. The number of hydrogen-bond donors (Lipinski definition) is 0. The maximum absolute atomic E-state index is 12.5. The van der Waals surface area contributed by atoms with Gasteiger partial charge < -0.3 is 4.52 Å². The fraction of sp³-hybridized carbons (Fsp3) is 0.857. The molecule has 0 aliphatic heterocycles. The first-order valence-electron chi connectivity index (χ1n) is 7.10. The summed E-state index contributed by atoms with van der Waals surface area (Å²) in [7, 11) is -3.47. The number of phosphoric acid groups is 1. The van der Waals surface area contributed by atoms with Crippen molar-refractivity contribution in [3.8, 4) is 0 Å². The second-order valence-corrected chi connectivity index (χ2v) is 7.70. The van der Waals surface area contributed by atoms with Crippen LogP contribution in [0.4, 0.5) is 0 Å². The fourth-order valence-corrected chi connectivity index (χ4v) is 4.61. The van der Waals surface area contributed by atoms with E-state index in [1.54, 1.807) is 13.8 Å². The summed E-state index contributed by atoms with van der Waals surface area (Å²) in [6.07, 6.45) is 4.35. The second-order valence-electron chi connectivity index (χ2n) is 6.10. The maximum Gasteiger partial charge on any atom is 0.529 e. The zero-order chi connectivity index (χ0) is 14.3. The van der Waals surface area contributed by atoms with Crippen LogP contribution in [0.5, 0.6) is 0 Å². The number of allylic oxidation sites excluding steroid dienone is 2. The number of rotatable bonds is 6. The Morgan fingerprint density at radius 1 is 1.26 bits per heavy atom. The van der Waals surface area contributed by atoms with Crippen LogP contribution in [0.15, 0.2) is 11.8 Å². The molecule has 2 unspecified atom stereocenters. The molecule has 0 spiro atoms. The molecule has 2 aliphatic carbocycles. The van der Waals surface area contributed by atoms with Crippen molar-refractivity contribution in [2.24, 2.45) is 16.7 Å². The molecule has 1 fully saturated rings. The molecule has 2 bridgehead atoms. The van der Waals surface area contributed by atoms with Crippen molar-refractivity contribution < 1.29 is 18.1 Å². The van der Waals surface area contributed by atoms with E-state index in [-0.39, 0.29) is 10.8 Å². The molecule has 0 amide bonds. The van der Waals surface area contributed by atoms with E-state index in [0.717, 1.165) is 12.2 Å². The third-order valence-corrected chi connectivity index (χ3v) is 6.55. The molecule has 4 nitrogen and oxygen atoms in total. The van der Waals surface area contributed by atoms with E-state index in [1.807, 2.05) is 0 Å². The minimum Gasteiger partial charge on any atom is -0.408 e. The third-order valence-electron chi connectivity index (χ3n) is 4.99. The van der Waals surface area contributed by atoms with Crippen molar-refractivity contribution >= 4 is 7.82 Å². The van der Waals surface area contributed by atoms with Gasteiger partial charge in [-0.05, 0) is 44.1 Å². The zero-order valence-electron chi connectivity index (χ0n) is 12.6. The fourth-order valence-electron chi connectivity index (χ4n) is 3.29. The van der Waals surface area contributed by atoms with E-state index in [2.05, 4.69) is 26.8 Å². The molecular formula is C14H25O4P. The quantitative estimate of drug-likeness (QED) is 0.674. The molecule has 0 N–H and O–H groups in total. The van der Waals surface area contributed by atoms with Crippen molar-refractivity contribution in [2.45, 2.75) is 47.5 Å². The summed E-state index contributed by atoms with van der Waals surface area (Å²) < 4.78 is 28.7. The lowest BCUT2D eigenvalue weighted by Gasteiger charge is -2.37. The van der Waals surface area contributed by atoms with Crippen LogP contribution in [-0.2, 0) is 18.1 Å². The van der Waals surface area contributed by atoms with Gasteiger partial charge in [-0.1, -0.05) is 20.8 Å². The topological polar surface area (TPSA) is 44.8 Å². The van der Waals surface area contributed by atoms with Gasteiger partial charge in [0.05, 0.1) is 13.2 Å². The van der Waals surface area contributed by atoms with Crippen LogP contribution in [-0.4, -0.2) is 13.2 Å². The highest BCUT2D eigenvalue weighted by atomic mass is 31.2. The van der Waals surface area contributed by atoms with Crippen molar-refractivity contribution in [3.05, 3.63) is 11.8 Å². The van der Waals surface area contributed by atoms with Crippen LogP contribution in [0.2, 0.25) is 0 Å². The normalized spacial score (nSPS) is 32.5. The SMILES string of the molecule is CCOP(=O)(OCC)OC1=CC2CCC1(C)C2(C)C. The predicted octanol–water partition coefficient (Wildman–Crippen LogP) is 4.52. The standard InChI is InChI=1S/C14H25O4P/c1-6-16-19(15,17-7-2)18-12-10-11-8-9-14(12,5)13(11,3)4/h10-11H,6-9H2,1-5H3. The Morgan fingerprint density at radius 3 is 2.21 bits per heavy atom. The second kappa shape index (κ2) is 4.91. The molecule has 0 radical (unpaired) electrons. The van der Waals surface area contributed by atoms with Gasteiger partial charge in [0.2, 0.25) is 0 Å². The number of hydrogen-bond acceptors (Lipinski definition) is 4. The smallest absolute Gasteiger partial charge is 0.408 e. The molecule has 5 heteroatoms. The van der Waals surface area contributed by atoms with E-state index in [1.165, 1.54) is 6.42 Å². The van der Waals surface area contributed by atoms with E-state index in [4.69, 9.17) is 13.6 Å². The lowest BCUT2D eigenvalue weighted by Crippen LogP contribution is -2.30. The highest BCUT2D eigenvalue weighted by Crippen LogP contribution is 2.68. The molecule has 0 aromatic carbocycles. The third kappa shape index (κ3) is 2.28. The number of fused-ring (bicyclic) bond motifs is 2. The zero-order valence-corrected chi connectivity index (χ0v) is 13.5. The van der Waals surface area contributed by atoms with Gasteiger partial charge in [-0.3, -0.25) is 9.05 Å². The Hall–Kier alpha value is -0.310. The lowest BCUT2D eigenvalue weighted by atomic mass is 9.70. The van der Waals surface area contributed by atoms with Crippen LogP contribution in [0, 0.1) is 16.7 Å². The van der Waals surface area contributed by atoms with Crippen molar-refractivity contribution in [2.75, 3.05) is 13.2 Å². The van der Waals surface area contributed by atoms with Gasteiger partial charge in [-0.2, -0.15) is 0 Å². The Balaban J connectivity index is 2.21. The largest absolute Gasteiger partial charge is 0.529 e. The van der Waals surface area contributed by atoms with Crippen LogP contribution < -0.4 is 0 Å². The summed E-state index contributed by atoms with van der Waals surface area (Å²) in [5.41, 5.74) is 0.0765. The molecular weight excluding hydrogens is 263 g/mol. The van der Waals surface area contributed by atoms with Gasteiger partial charge in [0.25, 0.3) is 0 Å². The Kier molecular flexibility index (Phi) is 3.90. The maximum atomic E-state index is 12.5. The Bertz CT molecular complexity index is 419. The molecule has 0 saturated heterocycles. The van der Waals surface area contributed by atoms with Crippen LogP contribution in [0.3, 0.4) is 0 Å². The minimum absolute atomic E-state index is 0.0679. The Labute approximate surface area is 116 Å². The molecule has 2 aliphatic rings. The average molecular weight is 288 g/mol. The summed E-state index contributed by atoms with van der Waals surface area (Å²) in [5.74, 6) is 1.28. The summed E-state index contributed by atoms with van der Waals surface area (Å²) in [5, 5.41) is 0. The molecule has 0 aromatic rings. The van der Waals surface area contributed by atoms with E-state index in [0.29, 0.717) is 19.1 Å². The Morgan fingerprint density at radius 2 is 1.84 bits per heavy atom. The first kappa shape index (κ1) is 15.1. The predicted molar refractivity (Wildman–Crippen MR) is 74.6 cm³/mol. The lowest BCUT2D eigenvalue weighted by molar-refractivity contribution is 0.0909. The van der Waals surface area contributed by atoms with Gasteiger partial charge in [0, 0.05) is 5.41 Å². The van der Waals surface area contributed by atoms with Gasteiger partial charge in [0.1, 0.15) is 5.76 Å². The summed E-state index contributed by atoms with van der Waals surface area (Å²) >= 11 is 0. The summed E-state index contributed by atoms with van der Waals surface area (Å²) in [4.78, 5) is 0.